The van der Waals surface area contributed by atoms with E-state index in [-0.39, 0.29) is 25.4 Å². The van der Waals surface area contributed by atoms with Gasteiger partial charge in [-0.15, -0.1) is 0 Å². The summed E-state index contributed by atoms with van der Waals surface area (Å²) in [6.45, 7) is -0.347. The highest BCUT2D eigenvalue weighted by atomic mass is 19.4. The number of carbonyl (C=O) groups is 1. The van der Waals surface area contributed by atoms with Gasteiger partial charge < -0.3 is 24.4 Å². The van der Waals surface area contributed by atoms with Crippen molar-refractivity contribution < 1.29 is 32.5 Å². The minimum Gasteiger partial charge on any atom is -0.447 e. The summed E-state index contributed by atoms with van der Waals surface area (Å²) in [5.74, 6) is 1.10. The molecule has 0 spiro atoms. The van der Waals surface area contributed by atoms with Crippen LogP contribution in [0.25, 0.3) is 0 Å². The Morgan fingerprint density at radius 1 is 1.22 bits per heavy atom. The number of ether oxygens (including phenoxy) is 2. The van der Waals surface area contributed by atoms with E-state index in [0.29, 0.717) is 41.6 Å². The summed E-state index contributed by atoms with van der Waals surface area (Å²) in [5, 5.41) is 16.4. The summed E-state index contributed by atoms with van der Waals surface area (Å²) >= 11 is 0. The summed E-state index contributed by atoms with van der Waals surface area (Å²) in [6.07, 6.45) is -2.35. The Labute approximate surface area is 205 Å². The quantitative estimate of drug-likeness (QED) is 0.608. The van der Waals surface area contributed by atoms with Crippen LogP contribution in [-0.4, -0.2) is 103 Å². The second-order valence-corrected chi connectivity index (χ2v) is 9.08. The van der Waals surface area contributed by atoms with Crippen molar-refractivity contribution in [1.82, 2.24) is 14.8 Å². The number of aliphatic hydroxyl groups excluding tert-OH is 1. The molecule has 3 unspecified atom stereocenters. The van der Waals surface area contributed by atoms with Crippen LogP contribution in [0.4, 0.5) is 23.7 Å². The second kappa shape index (κ2) is 9.62. The zero-order valence-corrected chi connectivity index (χ0v) is 19.6. The maximum atomic E-state index is 13.3. The Morgan fingerprint density at radius 3 is 2.56 bits per heavy atom. The Balaban J connectivity index is 1.45. The predicted octanol–water partition coefficient (Wildman–Crippen LogP) is 2.18. The third kappa shape index (κ3) is 4.98. The molecular weight excluding hydrogens is 481 g/mol. The van der Waals surface area contributed by atoms with E-state index in [9.17, 15) is 18.0 Å². The molecule has 2 bridgehead atoms. The van der Waals surface area contributed by atoms with Crippen LogP contribution in [0.15, 0.2) is 45.8 Å². The highest BCUT2D eigenvalue weighted by molar-refractivity contribution is 6.02. The lowest BCUT2D eigenvalue weighted by Gasteiger charge is -2.41. The summed E-state index contributed by atoms with van der Waals surface area (Å²) in [5.41, 5.74) is 1.75. The predicted molar refractivity (Wildman–Crippen MR) is 124 cm³/mol. The number of rotatable bonds is 6. The lowest BCUT2D eigenvalue weighted by Crippen LogP contribution is -2.52. The molecule has 2 saturated heterocycles. The van der Waals surface area contributed by atoms with Crippen molar-refractivity contribution in [2.75, 3.05) is 45.2 Å². The molecule has 1 aromatic rings. The standard InChI is InChI=1S/C23H27F3N6O4/c1-30-19(14-2-4-15(5-3-14)28-22(34)35-9-8-33)29-20(31-11-16-6-7-17(12-31)36-16)18-10-27-32(21(18)30)13-23(24,25)26/h2-5,10,16-17,21,33H,6-9,11-13H2,1H3,(H,28,34). The van der Waals surface area contributed by atoms with Crippen molar-refractivity contribution in [1.29, 1.82) is 0 Å². The SMILES string of the molecule is CN1C(c2ccc(NC(=O)OCCO)cc2)=NC(N2CC3CCC(C2)O3)=C2C=NN(CC(F)(F)F)C21. The van der Waals surface area contributed by atoms with Gasteiger partial charge in [-0.05, 0) is 37.1 Å². The van der Waals surface area contributed by atoms with Gasteiger partial charge in [0, 0.05) is 31.4 Å². The smallest absolute Gasteiger partial charge is 0.411 e. The van der Waals surface area contributed by atoms with Gasteiger partial charge in [0.15, 0.2) is 6.17 Å². The zero-order chi connectivity index (χ0) is 25.4. The van der Waals surface area contributed by atoms with Gasteiger partial charge in [-0.2, -0.15) is 18.3 Å². The Morgan fingerprint density at radius 2 is 1.92 bits per heavy atom. The molecule has 4 aliphatic heterocycles. The van der Waals surface area contributed by atoms with Crippen LogP contribution in [0.5, 0.6) is 0 Å². The Bertz CT molecular complexity index is 1080. The molecule has 0 radical (unpaired) electrons. The summed E-state index contributed by atoms with van der Waals surface area (Å²) in [6, 6.07) is 6.76. The molecule has 2 fully saturated rings. The average Bonchev–Trinajstić information content (AvgIpc) is 3.40. The number of nitrogens with zero attached hydrogens (tertiary/aromatic N) is 5. The molecule has 10 nitrogen and oxygen atoms in total. The third-order valence-electron chi connectivity index (χ3n) is 6.47. The van der Waals surface area contributed by atoms with Gasteiger partial charge >= 0.3 is 12.3 Å². The van der Waals surface area contributed by atoms with Crippen LogP contribution in [0.3, 0.4) is 0 Å². The van der Waals surface area contributed by atoms with Crippen molar-refractivity contribution in [3.8, 4) is 0 Å². The molecule has 13 heteroatoms. The first-order valence-corrected chi connectivity index (χ1v) is 11.7. The van der Waals surface area contributed by atoms with Crippen LogP contribution in [-0.2, 0) is 9.47 Å². The first kappa shape index (κ1) is 24.4. The van der Waals surface area contributed by atoms with Crippen molar-refractivity contribution >= 4 is 23.8 Å². The third-order valence-corrected chi connectivity index (χ3v) is 6.47. The molecule has 194 valence electrons. The number of morpholine rings is 1. The molecule has 4 heterocycles. The van der Waals surface area contributed by atoms with E-state index in [2.05, 4.69) is 15.3 Å². The largest absolute Gasteiger partial charge is 0.447 e. The van der Waals surface area contributed by atoms with E-state index >= 15 is 0 Å². The van der Waals surface area contributed by atoms with E-state index in [1.165, 1.54) is 6.21 Å². The van der Waals surface area contributed by atoms with Gasteiger partial charge in [-0.25, -0.2) is 9.79 Å². The summed E-state index contributed by atoms with van der Waals surface area (Å²) in [7, 11) is 1.69. The number of aliphatic imine (C=N–C) groups is 1. The van der Waals surface area contributed by atoms with Crippen LogP contribution in [0, 0.1) is 0 Å². The van der Waals surface area contributed by atoms with Gasteiger partial charge in [-0.3, -0.25) is 10.3 Å². The number of benzene rings is 1. The Hall–Kier alpha value is -3.32. The first-order valence-electron chi connectivity index (χ1n) is 11.7. The molecule has 36 heavy (non-hydrogen) atoms. The first-order chi connectivity index (χ1) is 17.2. The van der Waals surface area contributed by atoms with Gasteiger partial charge in [0.1, 0.15) is 24.8 Å². The van der Waals surface area contributed by atoms with Crippen molar-refractivity contribution in [3.05, 3.63) is 41.2 Å². The van der Waals surface area contributed by atoms with Crippen LogP contribution in [0.1, 0.15) is 18.4 Å². The van der Waals surface area contributed by atoms with Crippen molar-refractivity contribution in [2.24, 2.45) is 10.1 Å². The normalized spacial score (nSPS) is 25.3. The average molecular weight is 509 g/mol. The second-order valence-electron chi connectivity index (χ2n) is 9.08. The van der Waals surface area contributed by atoms with Crippen molar-refractivity contribution in [2.45, 2.75) is 37.4 Å². The molecule has 1 amide bonds. The molecule has 4 aliphatic rings. The lowest BCUT2D eigenvalue weighted by atomic mass is 10.1. The number of halogens is 3. The number of hydrogen-bond donors (Lipinski definition) is 2. The monoisotopic (exact) mass is 508 g/mol. The maximum absolute atomic E-state index is 13.3. The molecule has 5 rings (SSSR count). The van der Waals surface area contributed by atoms with Crippen LogP contribution < -0.4 is 5.32 Å². The minimum atomic E-state index is -4.42. The number of nitrogens with one attached hydrogen (secondary N) is 1. The summed E-state index contributed by atoms with van der Waals surface area (Å²) < 4.78 is 50.7. The highest BCUT2D eigenvalue weighted by Crippen LogP contribution is 2.36. The number of amides is 1. The minimum absolute atomic E-state index is 0.0779. The fraction of sp³-hybridized carbons (Fsp3) is 0.522. The van der Waals surface area contributed by atoms with Crippen molar-refractivity contribution in [3.63, 3.8) is 0 Å². The van der Waals surface area contributed by atoms with Gasteiger partial charge in [0.05, 0.1) is 30.6 Å². The molecule has 1 aromatic carbocycles. The fourth-order valence-corrected chi connectivity index (χ4v) is 4.98. The van der Waals surface area contributed by atoms with E-state index in [0.717, 1.165) is 17.9 Å². The van der Waals surface area contributed by atoms with E-state index < -0.39 is 25.0 Å². The molecule has 0 aliphatic carbocycles. The number of carbonyl (C=O) groups excluding carboxylic acids is 1. The molecule has 0 saturated carbocycles. The van der Waals surface area contributed by atoms with Crippen LogP contribution >= 0.6 is 0 Å². The number of likely N-dealkylation sites (tertiary alicyclic amines) is 1. The number of amidine groups is 1. The maximum Gasteiger partial charge on any atom is 0.411 e. The molecule has 0 aromatic heterocycles. The fourth-order valence-electron chi connectivity index (χ4n) is 4.98. The zero-order valence-electron chi connectivity index (χ0n) is 19.6. The van der Waals surface area contributed by atoms with Gasteiger partial charge in [0.2, 0.25) is 0 Å². The number of fused-ring (bicyclic) bond motifs is 3. The number of hydrogen-bond acceptors (Lipinski definition) is 9. The molecule has 3 atom stereocenters. The number of likely N-dealkylation sites (N-methyl/N-ethyl adjacent to an activating group) is 1. The number of anilines is 1. The highest BCUT2D eigenvalue weighted by Gasteiger charge is 2.44. The molecule has 2 N–H and O–H groups in total. The lowest BCUT2D eigenvalue weighted by molar-refractivity contribution is -0.152. The van der Waals surface area contributed by atoms with Crippen LogP contribution in [0.2, 0.25) is 0 Å². The van der Waals surface area contributed by atoms with E-state index in [4.69, 9.17) is 19.6 Å². The number of alkyl halides is 3. The number of hydrazone groups is 1. The van der Waals surface area contributed by atoms with Gasteiger partial charge in [0.25, 0.3) is 0 Å². The van der Waals surface area contributed by atoms with E-state index in [1.807, 2.05) is 0 Å². The number of aliphatic hydroxyl groups is 1. The van der Waals surface area contributed by atoms with E-state index in [1.54, 1.807) is 36.2 Å². The van der Waals surface area contributed by atoms with Gasteiger partial charge in [-0.1, -0.05) is 0 Å². The Kier molecular flexibility index (Phi) is 6.51. The molecular formula is C23H27F3N6O4. The topological polar surface area (TPSA) is 102 Å². The summed E-state index contributed by atoms with van der Waals surface area (Å²) in [4.78, 5) is 20.4.